The zero-order valence-electron chi connectivity index (χ0n) is 10.7. The van der Waals surface area contributed by atoms with Gasteiger partial charge in [-0.1, -0.05) is 6.92 Å². The molecule has 1 N–H and O–H groups in total. The molecule has 0 spiro atoms. The number of hydrogen-bond donors (Lipinski definition) is 1. The second-order valence-electron chi connectivity index (χ2n) is 5.05. The number of rotatable bonds is 9. The normalized spacial score (nSPS) is 19.1. The molecule has 0 saturated carbocycles. The Hall–Kier alpha value is 0.210. The molecule has 0 aromatic rings. The van der Waals surface area contributed by atoms with Gasteiger partial charge in [0.25, 0.3) is 0 Å². The van der Waals surface area contributed by atoms with E-state index in [0.29, 0.717) is 5.92 Å². The molecule has 0 radical (unpaired) electrons. The van der Waals surface area contributed by atoms with Gasteiger partial charge in [0.05, 0.1) is 0 Å². The number of alkyl halides is 1. The van der Waals surface area contributed by atoms with Crippen LogP contribution in [0.1, 0.15) is 39.0 Å². The Morgan fingerprint density at radius 1 is 1.19 bits per heavy atom. The second kappa shape index (κ2) is 9.26. The fraction of sp³-hybridized carbons (Fsp3) is 1.00. The van der Waals surface area contributed by atoms with Crippen molar-refractivity contribution >= 4 is 11.6 Å². The smallest absolute Gasteiger partial charge is 0.0249 e. The summed E-state index contributed by atoms with van der Waals surface area (Å²) < 4.78 is 0. The van der Waals surface area contributed by atoms with Crippen molar-refractivity contribution in [1.82, 2.24) is 10.2 Å². The van der Waals surface area contributed by atoms with Crippen molar-refractivity contribution in [3.05, 3.63) is 0 Å². The van der Waals surface area contributed by atoms with Gasteiger partial charge in [0.2, 0.25) is 0 Å². The van der Waals surface area contributed by atoms with Crippen LogP contribution in [0.25, 0.3) is 0 Å². The van der Waals surface area contributed by atoms with E-state index in [4.69, 9.17) is 11.6 Å². The molecule has 0 aliphatic carbocycles. The van der Waals surface area contributed by atoms with E-state index in [-0.39, 0.29) is 0 Å². The zero-order valence-corrected chi connectivity index (χ0v) is 11.4. The molecule has 16 heavy (non-hydrogen) atoms. The van der Waals surface area contributed by atoms with Crippen molar-refractivity contribution in [3.8, 4) is 0 Å². The van der Waals surface area contributed by atoms with Crippen molar-refractivity contribution in [2.75, 3.05) is 38.6 Å². The predicted octanol–water partition coefficient (Wildman–Crippen LogP) is 2.72. The molecule has 1 saturated heterocycles. The van der Waals surface area contributed by atoms with Crippen molar-refractivity contribution < 1.29 is 0 Å². The summed E-state index contributed by atoms with van der Waals surface area (Å²) in [7, 11) is 0. The molecule has 0 aromatic heterocycles. The third-order valence-electron chi connectivity index (χ3n) is 3.34. The van der Waals surface area contributed by atoms with Gasteiger partial charge >= 0.3 is 0 Å². The van der Waals surface area contributed by atoms with Crippen LogP contribution in [0, 0.1) is 5.92 Å². The molecule has 2 nitrogen and oxygen atoms in total. The monoisotopic (exact) mass is 246 g/mol. The summed E-state index contributed by atoms with van der Waals surface area (Å²) in [5, 5.41) is 3.52. The van der Waals surface area contributed by atoms with Gasteiger partial charge in [-0.15, -0.1) is 11.6 Å². The summed E-state index contributed by atoms with van der Waals surface area (Å²) in [6.45, 7) is 8.49. The van der Waals surface area contributed by atoms with E-state index in [1.54, 1.807) is 0 Å². The van der Waals surface area contributed by atoms with Crippen molar-refractivity contribution in [2.24, 2.45) is 5.92 Å². The van der Waals surface area contributed by atoms with E-state index in [0.717, 1.165) is 12.4 Å². The maximum absolute atomic E-state index is 5.76. The maximum atomic E-state index is 5.76. The van der Waals surface area contributed by atoms with Crippen LogP contribution >= 0.6 is 11.6 Å². The first-order valence-electron chi connectivity index (χ1n) is 6.82. The minimum Gasteiger partial charge on any atom is -0.317 e. The average molecular weight is 247 g/mol. The molecule has 1 rings (SSSR count). The molecule has 96 valence electrons. The number of hydrogen-bond acceptors (Lipinski definition) is 2. The molecule has 0 bridgehead atoms. The zero-order chi connectivity index (χ0) is 11.6. The van der Waals surface area contributed by atoms with Crippen LogP contribution in [0.3, 0.4) is 0 Å². The molecular weight excluding hydrogens is 220 g/mol. The topological polar surface area (TPSA) is 15.3 Å². The van der Waals surface area contributed by atoms with Gasteiger partial charge in [0, 0.05) is 5.88 Å². The van der Waals surface area contributed by atoms with Crippen LogP contribution in [-0.4, -0.2) is 43.5 Å². The van der Waals surface area contributed by atoms with Gasteiger partial charge in [0.1, 0.15) is 0 Å². The molecular formula is C13H27ClN2. The first-order valence-corrected chi connectivity index (χ1v) is 7.35. The lowest BCUT2D eigenvalue weighted by molar-refractivity contribution is 0.330. The van der Waals surface area contributed by atoms with Crippen LogP contribution in [0.2, 0.25) is 0 Å². The minimum atomic E-state index is 0.674. The van der Waals surface area contributed by atoms with Crippen molar-refractivity contribution in [1.29, 1.82) is 0 Å². The van der Waals surface area contributed by atoms with Gasteiger partial charge in [0.15, 0.2) is 0 Å². The molecule has 1 heterocycles. The maximum Gasteiger partial charge on any atom is 0.0249 e. The quantitative estimate of drug-likeness (QED) is 0.497. The van der Waals surface area contributed by atoms with Crippen LogP contribution in [-0.2, 0) is 0 Å². The molecule has 3 heteroatoms. The summed E-state index contributed by atoms with van der Waals surface area (Å²) in [6, 6.07) is 0. The van der Waals surface area contributed by atoms with E-state index in [2.05, 4.69) is 17.1 Å². The summed E-state index contributed by atoms with van der Waals surface area (Å²) in [5.74, 6) is 1.47. The Morgan fingerprint density at radius 3 is 2.56 bits per heavy atom. The van der Waals surface area contributed by atoms with E-state index in [1.165, 1.54) is 58.3 Å². The van der Waals surface area contributed by atoms with Gasteiger partial charge in [-0.3, -0.25) is 0 Å². The summed E-state index contributed by atoms with van der Waals surface area (Å²) in [5.41, 5.74) is 0. The molecule has 1 aliphatic heterocycles. The average Bonchev–Trinajstić information content (AvgIpc) is 2.80. The highest BCUT2D eigenvalue weighted by atomic mass is 35.5. The number of likely N-dealkylation sites (tertiary alicyclic amines) is 1. The molecule has 1 atom stereocenters. The first-order chi connectivity index (χ1) is 7.83. The third-order valence-corrected chi connectivity index (χ3v) is 3.87. The van der Waals surface area contributed by atoms with Crippen LogP contribution in [0.15, 0.2) is 0 Å². The van der Waals surface area contributed by atoms with Gasteiger partial charge in [-0.25, -0.2) is 0 Å². The number of nitrogens with zero attached hydrogens (tertiary/aromatic N) is 1. The highest BCUT2D eigenvalue weighted by Crippen LogP contribution is 2.07. The van der Waals surface area contributed by atoms with E-state index in [1.807, 2.05) is 0 Å². The third kappa shape index (κ3) is 6.72. The molecule has 0 aromatic carbocycles. The Bertz CT molecular complexity index is 158. The Kier molecular flexibility index (Phi) is 8.26. The molecule has 1 unspecified atom stereocenters. The van der Waals surface area contributed by atoms with E-state index >= 15 is 0 Å². The molecule has 1 fully saturated rings. The summed E-state index contributed by atoms with van der Waals surface area (Å²) in [6.07, 6.45) is 6.62. The minimum absolute atomic E-state index is 0.674. The van der Waals surface area contributed by atoms with Gasteiger partial charge in [-0.05, 0) is 70.7 Å². The number of halogens is 1. The SMILES string of the molecule is CC(CCl)CCCNCCCN1CCCC1. The fourth-order valence-corrected chi connectivity index (χ4v) is 2.37. The Balaban J connectivity index is 1.77. The van der Waals surface area contributed by atoms with Crippen LogP contribution in [0.5, 0.6) is 0 Å². The summed E-state index contributed by atoms with van der Waals surface area (Å²) in [4.78, 5) is 2.58. The van der Waals surface area contributed by atoms with Crippen molar-refractivity contribution in [3.63, 3.8) is 0 Å². The standard InChI is InChI=1S/C13H27ClN2/c1-13(12-14)6-4-7-15-8-5-11-16-9-2-3-10-16/h13,15H,2-12H2,1H3. The lowest BCUT2D eigenvalue weighted by Gasteiger charge is -2.14. The largest absolute Gasteiger partial charge is 0.317 e. The van der Waals surface area contributed by atoms with Crippen LogP contribution in [0.4, 0.5) is 0 Å². The fourth-order valence-electron chi connectivity index (χ4n) is 2.21. The molecule has 0 amide bonds. The highest BCUT2D eigenvalue weighted by Gasteiger charge is 2.09. The summed E-state index contributed by atoms with van der Waals surface area (Å²) >= 11 is 5.76. The Morgan fingerprint density at radius 2 is 1.88 bits per heavy atom. The lowest BCUT2D eigenvalue weighted by atomic mass is 10.1. The highest BCUT2D eigenvalue weighted by molar-refractivity contribution is 6.18. The van der Waals surface area contributed by atoms with E-state index in [9.17, 15) is 0 Å². The van der Waals surface area contributed by atoms with Gasteiger partial charge < -0.3 is 10.2 Å². The number of nitrogens with one attached hydrogen (secondary N) is 1. The Labute approximate surface area is 106 Å². The predicted molar refractivity (Wildman–Crippen MR) is 72.3 cm³/mol. The first kappa shape index (κ1) is 14.3. The van der Waals surface area contributed by atoms with Crippen molar-refractivity contribution in [2.45, 2.75) is 39.0 Å². The van der Waals surface area contributed by atoms with Gasteiger partial charge in [-0.2, -0.15) is 0 Å². The molecule has 1 aliphatic rings. The lowest BCUT2D eigenvalue weighted by Crippen LogP contribution is -2.25. The van der Waals surface area contributed by atoms with E-state index < -0.39 is 0 Å². The van der Waals surface area contributed by atoms with Crippen LogP contribution < -0.4 is 5.32 Å². The second-order valence-corrected chi connectivity index (χ2v) is 5.36.